The molecule has 0 saturated carbocycles. The van der Waals surface area contributed by atoms with E-state index in [1.165, 1.54) is 10.3 Å². The molecule has 1 nitrogen and oxygen atoms in total. The number of aryl methyl sites for hydroxylation is 1. The fourth-order valence-corrected chi connectivity index (χ4v) is 3.56. The molecule has 1 aromatic heterocycles. The molecule has 1 heterocycles. The van der Waals surface area contributed by atoms with Crippen molar-refractivity contribution < 1.29 is 0 Å². The fourth-order valence-electron chi connectivity index (χ4n) is 1.86. The van der Waals surface area contributed by atoms with E-state index >= 15 is 0 Å². The standard InChI is InChI=1S/C14H9BrClNS/c1-8-3-2-4-12-13(8)17-14(18-12)10-7-9(15)5-6-11(10)16/h2-7H,1H3. The van der Waals surface area contributed by atoms with E-state index in [-0.39, 0.29) is 0 Å². The number of nitrogens with zero attached hydrogens (tertiary/aromatic N) is 1. The Morgan fingerprint density at radius 2 is 2.06 bits per heavy atom. The Morgan fingerprint density at radius 1 is 1.22 bits per heavy atom. The molecule has 2 aromatic carbocycles. The number of rotatable bonds is 1. The molecule has 0 aliphatic rings. The van der Waals surface area contributed by atoms with Crippen molar-refractivity contribution in [3.05, 3.63) is 51.5 Å². The lowest BCUT2D eigenvalue weighted by Gasteiger charge is -2.00. The van der Waals surface area contributed by atoms with Crippen LogP contribution in [0.2, 0.25) is 5.02 Å². The second-order valence-electron chi connectivity index (χ2n) is 4.06. The number of aromatic nitrogens is 1. The SMILES string of the molecule is Cc1cccc2sc(-c3cc(Br)ccc3Cl)nc12. The maximum absolute atomic E-state index is 6.24. The van der Waals surface area contributed by atoms with Gasteiger partial charge in [-0.3, -0.25) is 0 Å². The first-order valence-corrected chi connectivity index (χ1v) is 7.45. The van der Waals surface area contributed by atoms with Crippen molar-refractivity contribution in [2.75, 3.05) is 0 Å². The molecule has 0 aliphatic carbocycles. The largest absolute Gasteiger partial charge is 0.236 e. The van der Waals surface area contributed by atoms with Crippen LogP contribution in [0.5, 0.6) is 0 Å². The van der Waals surface area contributed by atoms with Crippen molar-refractivity contribution in [2.24, 2.45) is 0 Å². The van der Waals surface area contributed by atoms with Crippen LogP contribution in [-0.4, -0.2) is 4.98 Å². The van der Waals surface area contributed by atoms with Gasteiger partial charge in [0, 0.05) is 10.0 Å². The van der Waals surface area contributed by atoms with Crippen LogP contribution in [0.4, 0.5) is 0 Å². The molecule has 3 aromatic rings. The molecule has 90 valence electrons. The molecule has 0 saturated heterocycles. The van der Waals surface area contributed by atoms with Crippen LogP contribution in [0.3, 0.4) is 0 Å². The molecular weight excluding hydrogens is 330 g/mol. The molecule has 0 aliphatic heterocycles. The quantitative estimate of drug-likeness (QED) is 0.555. The molecule has 0 spiro atoms. The summed E-state index contributed by atoms with van der Waals surface area (Å²) in [5.41, 5.74) is 3.24. The van der Waals surface area contributed by atoms with E-state index in [1.807, 2.05) is 18.2 Å². The molecule has 4 heteroatoms. The van der Waals surface area contributed by atoms with Gasteiger partial charge in [0.25, 0.3) is 0 Å². The van der Waals surface area contributed by atoms with Crippen LogP contribution in [0, 0.1) is 6.92 Å². The number of hydrogen-bond acceptors (Lipinski definition) is 2. The molecule has 0 unspecified atom stereocenters. The summed E-state index contributed by atoms with van der Waals surface area (Å²) >= 11 is 11.4. The van der Waals surface area contributed by atoms with Crippen LogP contribution >= 0.6 is 38.9 Å². The van der Waals surface area contributed by atoms with E-state index in [0.29, 0.717) is 0 Å². The summed E-state index contributed by atoms with van der Waals surface area (Å²) in [6.45, 7) is 2.08. The lowest BCUT2D eigenvalue weighted by molar-refractivity contribution is 1.42. The van der Waals surface area contributed by atoms with Crippen molar-refractivity contribution in [1.82, 2.24) is 4.98 Å². The average Bonchev–Trinajstić information content (AvgIpc) is 2.77. The lowest BCUT2D eigenvalue weighted by atomic mass is 10.2. The molecule has 0 amide bonds. The summed E-state index contributed by atoms with van der Waals surface area (Å²) < 4.78 is 2.21. The number of halogens is 2. The minimum atomic E-state index is 0.731. The maximum atomic E-state index is 6.24. The summed E-state index contributed by atoms with van der Waals surface area (Å²) in [5.74, 6) is 0. The molecule has 0 bridgehead atoms. The van der Waals surface area contributed by atoms with Gasteiger partial charge in [0.2, 0.25) is 0 Å². The zero-order valence-corrected chi connectivity index (χ0v) is 12.7. The van der Waals surface area contributed by atoms with Gasteiger partial charge in [-0.1, -0.05) is 39.7 Å². The van der Waals surface area contributed by atoms with Gasteiger partial charge in [0.1, 0.15) is 5.01 Å². The second-order valence-corrected chi connectivity index (χ2v) is 6.42. The molecule has 0 N–H and O–H groups in total. The van der Waals surface area contributed by atoms with Crippen LogP contribution in [0.25, 0.3) is 20.8 Å². The van der Waals surface area contributed by atoms with Crippen LogP contribution < -0.4 is 0 Å². The van der Waals surface area contributed by atoms with Gasteiger partial charge in [-0.15, -0.1) is 11.3 Å². The number of benzene rings is 2. The van der Waals surface area contributed by atoms with E-state index in [4.69, 9.17) is 16.6 Å². The lowest BCUT2D eigenvalue weighted by Crippen LogP contribution is -1.79. The van der Waals surface area contributed by atoms with E-state index in [0.717, 1.165) is 25.6 Å². The molecule has 0 atom stereocenters. The fraction of sp³-hybridized carbons (Fsp3) is 0.0714. The minimum Gasteiger partial charge on any atom is -0.236 e. The Morgan fingerprint density at radius 3 is 2.83 bits per heavy atom. The normalized spacial score (nSPS) is 11.1. The van der Waals surface area contributed by atoms with Crippen molar-refractivity contribution >= 4 is 49.1 Å². The number of hydrogen-bond donors (Lipinski definition) is 0. The Labute approximate surface area is 123 Å². The highest BCUT2D eigenvalue weighted by molar-refractivity contribution is 9.10. The predicted molar refractivity (Wildman–Crippen MR) is 82.5 cm³/mol. The summed E-state index contributed by atoms with van der Waals surface area (Å²) in [5, 5.41) is 1.69. The van der Waals surface area contributed by atoms with Crippen molar-refractivity contribution in [2.45, 2.75) is 6.92 Å². The smallest absolute Gasteiger partial charge is 0.126 e. The first-order chi connectivity index (χ1) is 8.65. The van der Waals surface area contributed by atoms with E-state index in [2.05, 4.69) is 41.1 Å². The Hall–Kier alpha value is -0.900. The highest BCUT2D eigenvalue weighted by Crippen LogP contribution is 2.36. The third-order valence-electron chi connectivity index (χ3n) is 2.78. The molecule has 0 fully saturated rings. The number of para-hydroxylation sites is 1. The first-order valence-electron chi connectivity index (χ1n) is 5.47. The summed E-state index contributed by atoms with van der Waals surface area (Å²) in [4.78, 5) is 4.70. The van der Waals surface area contributed by atoms with Crippen LogP contribution in [0.1, 0.15) is 5.56 Å². The third kappa shape index (κ3) is 2.07. The Kier molecular flexibility index (Phi) is 3.14. The van der Waals surface area contributed by atoms with Gasteiger partial charge in [-0.2, -0.15) is 0 Å². The van der Waals surface area contributed by atoms with E-state index < -0.39 is 0 Å². The van der Waals surface area contributed by atoms with Crippen LogP contribution in [0.15, 0.2) is 40.9 Å². The Balaban J connectivity index is 2.26. The van der Waals surface area contributed by atoms with E-state index in [1.54, 1.807) is 11.3 Å². The monoisotopic (exact) mass is 337 g/mol. The molecule has 18 heavy (non-hydrogen) atoms. The highest BCUT2D eigenvalue weighted by atomic mass is 79.9. The minimum absolute atomic E-state index is 0.731. The number of fused-ring (bicyclic) bond motifs is 1. The van der Waals surface area contributed by atoms with Gasteiger partial charge in [0.15, 0.2) is 0 Å². The molecule has 0 radical (unpaired) electrons. The number of thiazole rings is 1. The Bertz CT molecular complexity index is 736. The van der Waals surface area contributed by atoms with Crippen molar-refractivity contribution in [1.29, 1.82) is 0 Å². The third-order valence-corrected chi connectivity index (χ3v) is 4.66. The van der Waals surface area contributed by atoms with Crippen LogP contribution in [-0.2, 0) is 0 Å². The molecular formula is C14H9BrClNS. The predicted octanol–water partition coefficient (Wildman–Crippen LogP) is 5.69. The topological polar surface area (TPSA) is 12.9 Å². The van der Waals surface area contributed by atoms with Gasteiger partial charge >= 0.3 is 0 Å². The van der Waals surface area contributed by atoms with Gasteiger partial charge < -0.3 is 0 Å². The van der Waals surface area contributed by atoms with Crippen molar-refractivity contribution in [3.63, 3.8) is 0 Å². The summed E-state index contributed by atoms with van der Waals surface area (Å²) in [6.07, 6.45) is 0. The van der Waals surface area contributed by atoms with Gasteiger partial charge in [0.05, 0.1) is 15.2 Å². The summed E-state index contributed by atoms with van der Waals surface area (Å²) in [7, 11) is 0. The molecule has 3 rings (SSSR count). The maximum Gasteiger partial charge on any atom is 0.126 e. The average molecular weight is 339 g/mol. The van der Waals surface area contributed by atoms with Gasteiger partial charge in [-0.25, -0.2) is 4.98 Å². The highest BCUT2D eigenvalue weighted by Gasteiger charge is 2.11. The zero-order chi connectivity index (χ0) is 12.7. The van der Waals surface area contributed by atoms with Gasteiger partial charge in [-0.05, 0) is 36.8 Å². The summed E-state index contributed by atoms with van der Waals surface area (Å²) in [6, 6.07) is 12.1. The second kappa shape index (κ2) is 4.65. The first kappa shape index (κ1) is 12.2. The van der Waals surface area contributed by atoms with Crippen molar-refractivity contribution in [3.8, 4) is 10.6 Å². The van der Waals surface area contributed by atoms with E-state index in [9.17, 15) is 0 Å². The zero-order valence-electron chi connectivity index (χ0n) is 9.58.